The molecule has 2 N–H and O–H groups in total. The van der Waals surface area contributed by atoms with E-state index >= 15 is 0 Å². The van der Waals surface area contributed by atoms with Crippen LogP contribution >= 0.6 is 0 Å². The first-order valence-electron chi connectivity index (χ1n) is 5.38. The van der Waals surface area contributed by atoms with Gasteiger partial charge in [0.15, 0.2) is 0 Å². The summed E-state index contributed by atoms with van der Waals surface area (Å²) in [6.45, 7) is 6.95. The molecule has 0 aliphatic carbocycles. The Kier molecular flexibility index (Phi) is 6.87. The van der Waals surface area contributed by atoms with Gasteiger partial charge in [0.1, 0.15) is 5.78 Å². The van der Waals surface area contributed by atoms with Gasteiger partial charge in [-0.05, 0) is 31.7 Å². The Morgan fingerprint density at radius 2 is 1.85 bits per heavy atom. The molecule has 78 valence electrons. The van der Waals surface area contributed by atoms with Crippen molar-refractivity contribution in [2.45, 2.75) is 46.5 Å². The smallest absolute Gasteiger partial charge is 0.135 e. The maximum atomic E-state index is 11.6. The molecular formula is C11H23NO. The van der Waals surface area contributed by atoms with Gasteiger partial charge in [-0.2, -0.15) is 0 Å². The number of hydrogen-bond acceptors (Lipinski definition) is 2. The average molecular weight is 185 g/mol. The Balaban J connectivity index is 3.72. The summed E-state index contributed by atoms with van der Waals surface area (Å²) in [5.74, 6) is 1.19. The molecule has 0 fully saturated rings. The minimum absolute atomic E-state index is 0.282. The van der Waals surface area contributed by atoms with Crippen molar-refractivity contribution in [2.24, 2.45) is 17.6 Å². The molecule has 0 aromatic rings. The van der Waals surface area contributed by atoms with Gasteiger partial charge in [-0.25, -0.2) is 0 Å². The quantitative estimate of drug-likeness (QED) is 0.661. The Bertz CT molecular complexity index is 141. The van der Waals surface area contributed by atoms with Crippen molar-refractivity contribution in [3.8, 4) is 0 Å². The van der Waals surface area contributed by atoms with Gasteiger partial charge in [0, 0.05) is 12.3 Å². The number of ketones is 1. The summed E-state index contributed by atoms with van der Waals surface area (Å²) in [5, 5.41) is 0. The number of Topliss-reactive ketones (excluding diaryl/α,β-unsaturated/α-hetero) is 1. The van der Waals surface area contributed by atoms with Crippen molar-refractivity contribution in [3.63, 3.8) is 0 Å². The lowest BCUT2D eigenvalue weighted by atomic mass is 9.92. The summed E-state index contributed by atoms with van der Waals surface area (Å²) in [6, 6.07) is 0. The molecule has 0 spiro atoms. The molecule has 0 bridgehead atoms. The third-order valence-corrected chi connectivity index (χ3v) is 2.73. The minimum Gasteiger partial charge on any atom is -0.330 e. The third-order valence-electron chi connectivity index (χ3n) is 2.73. The van der Waals surface area contributed by atoms with Crippen molar-refractivity contribution >= 4 is 5.78 Å². The first-order valence-corrected chi connectivity index (χ1v) is 5.38. The van der Waals surface area contributed by atoms with Crippen molar-refractivity contribution in [1.29, 1.82) is 0 Å². The highest BCUT2D eigenvalue weighted by molar-refractivity contribution is 5.80. The van der Waals surface area contributed by atoms with Gasteiger partial charge in [-0.15, -0.1) is 0 Å². The van der Waals surface area contributed by atoms with E-state index < -0.39 is 0 Å². The van der Waals surface area contributed by atoms with Gasteiger partial charge in [0.25, 0.3) is 0 Å². The van der Waals surface area contributed by atoms with Crippen LogP contribution in [-0.2, 0) is 4.79 Å². The number of nitrogens with two attached hydrogens (primary N) is 1. The van der Waals surface area contributed by atoms with E-state index in [1.807, 2.05) is 0 Å². The second kappa shape index (κ2) is 7.07. The zero-order valence-electron chi connectivity index (χ0n) is 9.18. The maximum Gasteiger partial charge on any atom is 0.135 e. The van der Waals surface area contributed by atoms with Crippen LogP contribution < -0.4 is 5.73 Å². The van der Waals surface area contributed by atoms with Crippen LogP contribution in [-0.4, -0.2) is 12.3 Å². The predicted molar refractivity (Wildman–Crippen MR) is 56.5 cm³/mol. The summed E-state index contributed by atoms with van der Waals surface area (Å²) in [4.78, 5) is 11.6. The maximum absolute atomic E-state index is 11.6. The monoisotopic (exact) mass is 185 g/mol. The van der Waals surface area contributed by atoms with Crippen LogP contribution in [0, 0.1) is 11.8 Å². The molecule has 2 heteroatoms. The lowest BCUT2D eigenvalue weighted by Gasteiger charge is -2.12. The number of carbonyl (C=O) groups excluding carboxylic acids is 1. The Morgan fingerprint density at radius 3 is 2.23 bits per heavy atom. The SMILES string of the molecule is CCC(CC)C(=O)CCC(C)CN. The van der Waals surface area contributed by atoms with E-state index in [2.05, 4.69) is 20.8 Å². The summed E-state index contributed by atoms with van der Waals surface area (Å²) >= 11 is 0. The van der Waals surface area contributed by atoms with Crippen molar-refractivity contribution < 1.29 is 4.79 Å². The Morgan fingerprint density at radius 1 is 1.31 bits per heavy atom. The van der Waals surface area contributed by atoms with Gasteiger partial charge in [-0.1, -0.05) is 20.8 Å². The number of hydrogen-bond donors (Lipinski definition) is 1. The highest BCUT2D eigenvalue weighted by Gasteiger charge is 2.14. The van der Waals surface area contributed by atoms with E-state index in [9.17, 15) is 4.79 Å². The topological polar surface area (TPSA) is 43.1 Å². The van der Waals surface area contributed by atoms with E-state index in [0.717, 1.165) is 19.3 Å². The third kappa shape index (κ3) is 5.04. The van der Waals surface area contributed by atoms with Gasteiger partial charge >= 0.3 is 0 Å². The van der Waals surface area contributed by atoms with E-state index in [4.69, 9.17) is 5.73 Å². The highest BCUT2D eigenvalue weighted by Crippen LogP contribution is 2.14. The lowest BCUT2D eigenvalue weighted by Crippen LogP contribution is -2.16. The van der Waals surface area contributed by atoms with Crippen LogP contribution in [0.25, 0.3) is 0 Å². The van der Waals surface area contributed by atoms with Crippen molar-refractivity contribution in [3.05, 3.63) is 0 Å². The molecular weight excluding hydrogens is 162 g/mol. The van der Waals surface area contributed by atoms with Crippen LogP contribution in [0.1, 0.15) is 46.5 Å². The molecule has 1 atom stereocenters. The molecule has 0 saturated heterocycles. The van der Waals surface area contributed by atoms with Crippen LogP contribution in [0.3, 0.4) is 0 Å². The van der Waals surface area contributed by atoms with Crippen molar-refractivity contribution in [1.82, 2.24) is 0 Å². The van der Waals surface area contributed by atoms with E-state index in [0.29, 0.717) is 24.7 Å². The summed E-state index contributed by atoms with van der Waals surface area (Å²) in [7, 11) is 0. The number of carbonyl (C=O) groups is 1. The Hall–Kier alpha value is -0.370. The van der Waals surface area contributed by atoms with Crippen LogP contribution in [0.5, 0.6) is 0 Å². The second-order valence-electron chi connectivity index (χ2n) is 3.86. The molecule has 0 aromatic heterocycles. The minimum atomic E-state index is 0.282. The van der Waals surface area contributed by atoms with E-state index in [1.165, 1.54) is 0 Å². The summed E-state index contributed by atoms with van der Waals surface area (Å²) in [5.41, 5.74) is 5.49. The van der Waals surface area contributed by atoms with Crippen LogP contribution in [0.15, 0.2) is 0 Å². The normalized spacial score (nSPS) is 13.3. The van der Waals surface area contributed by atoms with Gasteiger partial charge in [0.05, 0.1) is 0 Å². The molecule has 1 unspecified atom stereocenters. The average Bonchev–Trinajstić information content (AvgIpc) is 2.16. The number of rotatable bonds is 7. The van der Waals surface area contributed by atoms with Gasteiger partial charge in [-0.3, -0.25) is 4.79 Å². The zero-order valence-corrected chi connectivity index (χ0v) is 9.18. The van der Waals surface area contributed by atoms with Crippen LogP contribution in [0.2, 0.25) is 0 Å². The molecule has 0 radical (unpaired) electrons. The largest absolute Gasteiger partial charge is 0.330 e. The molecule has 0 aliphatic heterocycles. The zero-order chi connectivity index (χ0) is 10.3. The fraction of sp³-hybridized carbons (Fsp3) is 0.909. The molecule has 0 rings (SSSR count). The molecule has 0 aromatic carbocycles. The van der Waals surface area contributed by atoms with Crippen molar-refractivity contribution in [2.75, 3.05) is 6.54 Å². The Labute approximate surface area is 81.9 Å². The molecule has 0 saturated carbocycles. The molecule has 13 heavy (non-hydrogen) atoms. The molecule has 2 nitrogen and oxygen atoms in total. The van der Waals surface area contributed by atoms with Crippen LogP contribution in [0.4, 0.5) is 0 Å². The predicted octanol–water partition coefficient (Wildman–Crippen LogP) is 2.37. The second-order valence-corrected chi connectivity index (χ2v) is 3.86. The summed E-state index contributed by atoms with van der Waals surface area (Å²) in [6.07, 6.45) is 3.62. The standard InChI is InChI=1S/C11H23NO/c1-4-10(5-2)11(13)7-6-9(3)8-12/h9-10H,4-8,12H2,1-3H3. The van der Waals surface area contributed by atoms with Gasteiger partial charge in [0.2, 0.25) is 0 Å². The van der Waals surface area contributed by atoms with E-state index in [-0.39, 0.29) is 5.92 Å². The highest BCUT2D eigenvalue weighted by atomic mass is 16.1. The molecule has 0 heterocycles. The van der Waals surface area contributed by atoms with E-state index in [1.54, 1.807) is 0 Å². The summed E-state index contributed by atoms with van der Waals surface area (Å²) < 4.78 is 0. The fourth-order valence-corrected chi connectivity index (χ4v) is 1.45. The van der Waals surface area contributed by atoms with Gasteiger partial charge < -0.3 is 5.73 Å². The molecule has 0 amide bonds. The lowest BCUT2D eigenvalue weighted by molar-refractivity contribution is -0.123. The first-order chi connectivity index (χ1) is 6.15. The first kappa shape index (κ1) is 12.6. The fourth-order valence-electron chi connectivity index (χ4n) is 1.45. The molecule has 0 aliphatic rings.